The monoisotopic (exact) mass is 292 g/mol. The quantitative estimate of drug-likeness (QED) is 0.924. The molecule has 0 atom stereocenters. The number of hydrogen-bond donors (Lipinski definition) is 1. The van der Waals surface area contributed by atoms with Crippen LogP contribution in [0.2, 0.25) is 0 Å². The lowest BCUT2D eigenvalue weighted by molar-refractivity contribution is -0.137. The minimum atomic E-state index is -1.03. The lowest BCUT2D eigenvalue weighted by atomic mass is 10.2. The van der Waals surface area contributed by atoms with Crippen molar-refractivity contribution in [3.63, 3.8) is 0 Å². The molecule has 112 valence electrons. The van der Waals surface area contributed by atoms with E-state index in [9.17, 15) is 14.0 Å². The van der Waals surface area contributed by atoms with Gasteiger partial charge in [-0.25, -0.2) is 9.18 Å². The molecular formula is C15H17FN2O3. The Labute approximate surface area is 122 Å². The average Bonchev–Trinajstić information content (AvgIpc) is 3.14. The molecule has 1 fully saturated rings. The van der Waals surface area contributed by atoms with Gasteiger partial charge in [-0.15, -0.1) is 0 Å². The van der Waals surface area contributed by atoms with E-state index in [1.165, 1.54) is 21.9 Å². The van der Waals surface area contributed by atoms with Crippen molar-refractivity contribution in [2.45, 2.75) is 19.3 Å². The number of hydrogen-bond acceptors (Lipinski definition) is 2. The molecule has 6 heteroatoms. The average molecular weight is 292 g/mol. The summed E-state index contributed by atoms with van der Waals surface area (Å²) in [5, 5.41) is 8.98. The molecule has 1 aromatic rings. The summed E-state index contributed by atoms with van der Waals surface area (Å²) in [5.41, 5.74) is 1.48. The summed E-state index contributed by atoms with van der Waals surface area (Å²) < 4.78 is 13.4. The van der Waals surface area contributed by atoms with Gasteiger partial charge >= 0.3 is 12.0 Å². The molecule has 1 aliphatic carbocycles. The molecule has 1 N–H and O–H groups in total. The molecule has 1 aliphatic heterocycles. The number of halogens is 1. The van der Waals surface area contributed by atoms with Crippen molar-refractivity contribution in [2.24, 2.45) is 5.92 Å². The van der Waals surface area contributed by atoms with Gasteiger partial charge in [0.15, 0.2) is 0 Å². The van der Waals surface area contributed by atoms with Crippen LogP contribution in [0.5, 0.6) is 0 Å². The maximum Gasteiger partial charge on any atom is 0.325 e. The zero-order valence-corrected chi connectivity index (χ0v) is 11.6. The van der Waals surface area contributed by atoms with Gasteiger partial charge in [0.1, 0.15) is 12.4 Å². The minimum absolute atomic E-state index is 0.309. The zero-order chi connectivity index (χ0) is 15.0. The summed E-state index contributed by atoms with van der Waals surface area (Å²) in [5.74, 6) is -1.01. The van der Waals surface area contributed by atoms with Crippen LogP contribution in [0.4, 0.5) is 14.9 Å². The molecule has 0 radical (unpaired) electrons. The Bertz CT molecular complexity index is 586. The Kier molecular flexibility index (Phi) is 3.53. The van der Waals surface area contributed by atoms with Crippen LogP contribution in [0.15, 0.2) is 18.2 Å². The number of carboxylic acid groups (broad SMARTS) is 1. The molecule has 0 aromatic heterocycles. The van der Waals surface area contributed by atoms with Crippen molar-refractivity contribution in [3.05, 3.63) is 29.6 Å². The largest absolute Gasteiger partial charge is 0.480 e. The van der Waals surface area contributed by atoms with Gasteiger partial charge in [0, 0.05) is 13.1 Å². The molecule has 5 nitrogen and oxygen atoms in total. The van der Waals surface area contributed by atoms with Gasteiger partial charge in [-0.2, -0.15) is 0 Å². The van der Waals surface area contributed by atoms with Crippen molar-refractivity contribution in [2.75, 3.05) is 24.5 Å². The first-order valence-electron chi connectivity index (χ1n) is 7.11. The molecule has 2 amide bonds. The van der Waals surface area contributed by atoms with Gasteiger partial charge in [0.25, 0.3) is 0 Å². The van der Waals surface area contributed by atoms with Crippen LogP contribution in [0.3, 0.4) is 0 Å². The van der Waals surface area contributed by atoms with Crippen molar-refractivity contribution < 1.29 is 19.1 Å². The summed E-state index contributed by atoms with van der Waals surface area (Å²) in [6.07, 6.45) is 2.74. The number of aliphatic carboxylic acids is 1. The number of anilines is 1. The Morgan fingerprint density at radius 3 is 2.81 bits per heavy atom. The number of urea groups is 1. The number of rotatable bonds is 4. The lowest BCUT2D eigenvalue weighted by Gasteiger charge is -2.27. The Morgan fingerprint density at radius 1 is 1.38 bits per heavy atom. The van der Waals surface area contributed by atoms with Crippen LogP contribution in [0.25, 0.3) is 0 Å². The second-order valence-corrected chi connectivity index (χ2v) is 5.67. The molecule has 2 aliphatic rings. The van der Waals surface area contributed by atoms with E-state index >= 15 is 0 Å². The van der Waals surface area contributed by atoms with Gasteiger partial charge in [-0.3, -0.25) is 9.69 Å². The smallest absolute Gasteiger partial charge is 0.325 e. The number of benzene rings is 1. The molecule has 3 rings (SSSR count). The Morgan fingerprint density at radius 2 is 2.14 bits per heavy atom. The molecule has 1 heterocycles. The molecule has 1 aromatic carbocycles. The molecule has 0 bridgehead atoms. The summed E-state index contributed by atoms with van der Waals surface area (Å²) in [4.78, 5) is 26.4. The third-order valence-electron chi connectivity index (χ3n) is 3.95. The lowest BCUT2D eigenvalue weighted by Crippen LogP contribution is -2.45. The van der Waals surface area contributed by atoms with Crippen molar-refractivity contribution in [1.29, 1.82) is 0 Å². The number of carbonyl (C=O) groups excluding carboxylic acids is 1. The molecule has 1 saturated carbocycles. The SMILES string of the molecule is O=C(O)CN(CC1CC1)C(=O)N1CCc2ccc(F)cc21. The van der Waals surface area contributed by atoms with Crippen molar-refractivity contribution in [3.8, 4) is 0 Å². The van der Waals surface area contributed by atoms with E-state index in [-0.39, 0.29) is 18.4 Å². The summed E-state index contributed by atoms with van der Waals surface area (Å²) in [6, 6.07) is 4.07. The minimum Gasteiger partial charge on any atom is -0.480 e. The van der Waals surface area contributed by atoms with E-state index in [2.05, 4.69) is 0 Å². The van der Waals surface area contributed by atoms with Crippen LogP contribution in [-0.2, 0) is 11.2 Å². The predicted molar refractivity (Wildman–Crippen MR) is 74.8 cm³/mol. The number of fused-ring (bicyclic) bond motifs is 1. The van der Waals surface area contributed by atoms with E-state index in [0.717, 1.165) is 18.4 Å². The van der Waals surface area contributed by atoms with E-state index < -0.39 is 5.97 Å². The van der Waals surface area contributed by atoms with Crippen LogP contribution >= 0.6 is 0 Å². The molecule has 0 unspecified atom stereocenters. The second kappa shape index (κ2) is 5.35. The first-order valence-corrected chi connectivity index (χ1v) is 7.11. The van der Waals surface area contributed by atoms with Gasteiger partial charge in [0.2, 0.25) is 0 Å². The first-order chi connectivity index (χ1) is 10.0. The summed E-state index contributed by atoms with van der Waals surface area (Å²) in [6.45, 7) is 0.626. The Hall–Kier alpha value is -2.11. The third-order valence-corrected chi connectivity index (χ3v) is 3.95. The fourth-order valence-corrected chi connectivity index (χ4v) is 2.71. The number of amides is 2. The van der Waals surface area contributed by atoms with Crippen LogP contribution < -0.4 is 4.90 Å². The summed E-state index contributed by atoms with van der Waals surface area (Å²) in [7, 11) is 0. The van der Waals surface area contributed by atoms with Crippen molar-refractivity contribution in [1.82, 2.24) is 4.90 Å². The maximum atomic E-state index is 13.4. The second-order valence-electron chi connectivity index (χ2n) is 5.67. The fourth-order valence-electron chi connectivity index (χ4n) is 2.71. The van der Waals surface area contributed by atoms with Crippen molar-refractivity contribution >= 4 is 17.7 Å². The van der Waals surface area contributed by atoms with Crippen LogP contribution in [-0.4, -0.2) is 41.6 Å². The molecule has 0 saturated heterocycles. The zero-order valence-electron chi connectivity index (χ0n) is 11.6. The third kappa shape index (κ3) is 2.99. The fraction of sp³-hybridized carbons (Fsp3) is 0.467. The van der Waals surface area contributed by atoms with E-state index in [0.29, 0.717) is 31.1 Å². The predicted octanol–water partition coefficient (Wildman–Crippen LogP) is 2.10. The van der Waals surface area contributed by atoms with E-state index in [4.69, 9.17) is 5.11 Å². The number of nitrogens with zero attached hydrogens (tertiary/aromatic N) is 2. The van der Waals surface area contributed by atoms with Gasteiger partial charge in [-0.1, -0.05) is 6.07 Å². The normalized spacial score (nSPS) is 16.7. The topological polar surface area (TPSA) is 60.9 Å². The highest BCUT2D eigenvalue weighted by Crippen LogP contribution is 2.32. The van der Waals surface area contributed by atoms with Gasteiger partial charge in [0.05, 0.1) is 5.69 Å². The highest BCUT2D eigenvalue weighted by molar-refractivity contribution is 5.95. The van der Waals surface area contributed by atoms with E-state index in [1.807, 2.05) is 0 Å². The van der Waals surface area contributed by atoms with Crippen LogP contribution in [0, 0.1) is 11.7 Å². The molecule has 21 heavy (non-hydrogen) atoms. The number of carbonyl (C=O) groups is 2. The first kappa shape index (κ1) is 13.9. The van der Waals surface area contributed by atoms with Crippen LogP contribution in [0.1, 0.15) is 18.4 Å². The Balaban J connectivity index is 1.80. The molecule has 0 spiro atoms. The van der Waals surface area contributed by atoms with Gasteiger partial charge < -0.3 is 10.0 Å². The maximum absolute atomic E-state index is 13.4. The van der Waals surface area contributed by atoms with E-state index in [1.54, 1.807) is 6.07 Å². The standard InChI is InChI=1S/C15H17FN2O3/c16-12-4-3-11-5-6-18(13(11)7-12)15(21)17(9-14(19)20)8-10-1-2-10/h3-4,7,10H,1-2,5-6,8-9H2,(H,19,20). The molecular weight excluding hydrogens is 275 g/mol. The van der Waals surface area contributed by atoms with Gasteiger partial charge in [-0.05, 0) is 42.9 Å². The number of carboxylic acids is 1. The highest BCUT2D eigenvalue weighted by Gasteiger charge is 2.33. The highest BCUT2D eigenvalue weighted by atomic mass is 19.1. The summed E-state index contributed by atoms with van der Waals surface area (Å²) >= 11 is 0.